The molecule has 0 fully saturated rings. The Labute approximate surface area is 122 Å². The molecule has 0 aliphatic carbocycles. The van der Waals surface area contributed by atoms with Crippen molar-refractivity contribution in [1.29, 1.82) is 0 Å². The zero-order chi connectivity index (χ0) is 13.1. The van der Waals surface area contributed by atoms with E-state index in [1.165, 1.54) is 0 Å². The second-order valence-corrected chi connectivity index (χ2v) is 6.23. The van der Waals surface area contributed by atoms with Crippen LogP contribution in [-0.2, 0) is 4.79 Å². The number of rotatable bonds is 4. The van der Waals surface area contributed by atoms with Gasteiger partial charge in [0.05, 0.1) is 5.69 Å². The van der Waals surface area contributed by atoms with E-state index in [4.69, 9.17) is 4.74 Å². The number of ether oxygens (including phenoxy) is 1. The highest BCUT2D eigenvalue weighted by Gasteiger charge is 2.25. The summed E-state index contributed by atoms with van der Waals surface area (Å²) < 4.78 is 6.61. The van der Waals surface area contributed by atoms with E-state index in [9.17, 15) is 4.79 Å². The molecule has 0 bridgehead atoms. The van der Waals surface area contributed by atoms with E-state index in [0.29, 0.717) is 5.92 Å². The standard InChI is InChI=1S/C14H18INO2/c1-10(2)4-3-7-16-12-6-5-11(15)8-13(12)18-9-14(16)17/h5-6,8,10H,3-4,7,9H2,1-2H3. The van der Waals surface area contributed by atoms with Gasteiger partial charge in [-0.1, -0.05) is 13.8 Å². The summed E-state index contributed by atoms with van der Waals surface area (Å²) in [7, 11) is 0. The Morgan fingerprint density at radius 1 is 1.44 bits per heavy atom. The van der Waals surface area contributed by atoms with E-state index in [2.05, 4.69) is 36.4 Å². The molecule has 1 aromatic rings. The van der Waals surface area contributed by atoms with Crippen molar-refractivity contribution in [2.24, 2.45) is 5.92 Å². The average molecular weight is 359 g/mol. The molecule has 1 heterocycles. The molecular formula is C14H18INO2. The predicted molar refractivity (Wildman–Crippen MR) is 81.1 cm³/mol. The minimum absolute atomic E-state index is 0.0625. The number of benzene rings is 1. The Hall–Kier alpha value is -0.780. The molecule has 4 heteroatoms. The number of nitrogens with zero attached hydrogens (tertiary/aromatic N) is 1. The van der Waals surface area contributed by atoms with Gasteiger partial charge in [0.25, 0.3) is 5.91 Å². The monoisotopic (exact) mass is 359 g/mol. The first-order valence-electron chi connectivity index (χ1n) is 6.30. The molecule has 0 atom stereocenters. The number of carbonyl (C=O) groups is 1. The molecule has 98 valence electrons. The van der Waals surface area contributed by atoms with Crippen LogP contribution in [0.2, 0.25) is 0 Å². The molecule has 0 aromatic heterocycles. The lowest BCUT2D eigenvalue weighted by molar-refractivity contribution is -0.121. The number of carbonyl (C=O) groups excluding carboxylic acids is 1. The Morgan fingerprint density at radius 3 is 2.94 bits per heavy atom. The largest absolute Gasteiger partial charge is 0.482 e. The fourth-order valence-corrected chi connectivity index (χ4v) is 2.54. The summed E-state index contributed by atoms with van der Waals surface area (Å²) >= 11 is 2.25. The van der Waals surface area contributed by atoms with Crippen molar-refractivity contribution in [2.75, 3.05) is 18.1 Å². The van der Waals surface area contributed by atoms with Gasteiger partial charge in [-0.25, -0.2) is 0 Å². The summed E-state index contributed by atoms with van der Waals surface area (Å²) in [4.78, 5) is 13.8. The lowest BCUT2D eigenvalue weighted by atomic mass is 10.1. The molecule has 0 radical (unpaired) electrons. The maximum absolute atomic E-state index is 11.9. The predicted octanol–water partition coefficient (Wildman–Crippen LogP) is 3.45. The minimum Gasteiger partial charge on any atom is -0.482 e. The highest BCUT2D eigenvalue weighted by atomic mass is 127. The van der Waals surface area contributed by atoms with E-state index >= 15 is 0 Å². The first-order chi connectivity index (χ1) is 8.58. The number of hydrogen-bond acceptors (Lipinski definition) is 2. The van der Waals surface area contributed by atoms with Crippen LogP contribution in [-0.4, -0.2) is 19.1 Å². The molecule has 1 aliphatic heterocycles. The molecule has 0 saturated heterocycles. The second-order valence-electron chi connectivity index (χ2n) is 4.98. The highest BCUT2D eigenvalue weighted by Crippen LogP contribution is 2.33. The van der Waals surface area contributed by atoms with Gasteiger partial charge in [-0.2, -0.15) is 0 Å². The van der Waals surface area contributed by atoms with Crippen molar-refractivity contribution >= 4 is 34.2 Å². The number of halogens is 1. The number of fused-ring (bicyclic) bond motifs is 1. The molecule has 1 aliphatic rings. The van der Waals surface area contributed by atoms with Crippen molar-refractivity contribution in [3.63, 3.8) is 0 Å². The molecule has 1 aromatic carbocycles. The Bertz CT molecular complexity index is 445. The van der Waals surface area contributed by atoms with Crippen LogP contribution in [0.25, 0.3) is 0 Å². The van der Waals surface area contributed by atoms with Gasteiger partial charge in [0.2, 0.25) is 0 Å². The van der Waals surface area contributed by atoms with Gasteiger partial charge >= 0.3 is 0 Å². The summed E-state index contributed by atoms with van der Waals surface area (Å²) in [5, 5.41) is 0. The van der Waals surface area contributed by atoms with E-state index in [1.807, 2.05) is 23.1 Å². The summed E-state index contributed by atoms with van der Waals surface area (Å²) in [6.07, 6.45) is 2.18. The maximum Gasteiger partial charge on any atom is 0.265 e. The maximum atomic E-state index is 11.9. The van der Waals surface area contributed by atoms with Crippen molar-refractivity contribution in [3.05, 3.63) is 21.8 Å². The van der Waals surface area contributed by atoms with Crippen LogP contribution in [0, 0.1) is 9.49 Å². The lowest BCUT2D eigenvalue weighted by Crippen LogP contribution is -2.39. The number of anilines is 1. The van der Waals surface area contributed by atoms with E-state index < -0.39 is 0 Å². The van der Waals surface area contributed by atoms with Gasteiger partial charge in [-0.05, 0) is 59.5 Å². The van der Waals surface area contributed by atoms with Crippen molar-refractivity contribution in [3.8, 4) is 5.75 Å². The molecule has 18 heavy (non-hydrogen) atoms. The van der Waals surface area contributed by atoms with Crippen molar-refractivity contribution < 1.29 is 9.53 Å². The van der Waals surface area contributed by atoms with Crippen LogP contribution < -0.4 is 9.64 Å². The van der Waals surface area contributed by atoms with Gasteiger partial charge in [0.15, 0.2) is 6.61 Å². The van der Waals surface area contributed by atoms with Crippen LogP contribution in [0.1, 0.15) is 26.7 Å². The van der Waals surface area contributed by atoms with Gasteiger partial charge in [0.1, 0.15) is 5.75 Å². The summed E-state index contributed by atoms with van der Waals surface area (Å²) in [6.45, 7) is 5.36. The quantitative estimate of drug-likeness (QED) is 0.771. The third-order valence-electron chi connectivity index (χ3n) is 3.03. The Balaban J connectivity index is 2.12. The summed E-state index contributed by atoms with van der Waals surface area (Å²) in [5.74, 6) is 1.57. The Morgan fingerprint density at radius 2 is 2.22 bits per heavy atom. The van der Waals surface area contributed by atoms with Crippen LogP contribution in [0.4, 0.5) is 5.69 Å². The number of amides is 1. The van der Waals surface area contributed by atoms with Crippen LogP contribution in [0.3, 0.4) is 0 Å². The van der Waals surface area contributed by atoms with E-state index in [-0.39, 0.29) is 12.5 Å². The zero-order valence-electron chi connectivity index (χ0n) is 10.8. The van der Waals surface area contributed by atoms with Gasteiger partial charge < -0.3 is 9.64 Å². The first-order valence-corrected chi connectivity index (χ1v) is 7.38. The van der Waals surface area contributed by atoms with E-state index in [1.54, 1.807) is 0 Å². The second kappa shape index (κ2) is 5.91. The minimum atomic E-state index is 0.0625. The van der Waals surface area contributed by atoms with E-state index in [0.717, 1.165) is 34.4 Å². The molecule has 0 N–H and O–H groups in total. The highest BCUT2D eigenvalue weighted by molar-refractivity contribution is 14.1. The van der Waals surface area contributed by atoms with Crippen LogP contribution >= 0.6 is 22.6 Å². The normalized spacial score (nSPS) is 14.7. The molecule has 3 nitrogen and oxygen atoms in total. The zero-order valence-corrected chi connectivity index (χ0v) is 12.9. The molecular weight excluding hydrogens is 341 g/mol. The topological polar surface area (TPSA) is 29.5 Å². The fourth-order valence-electron chi connectivity index (χ4n) is 2.08. The Kier molecular flexibility index (Phi) is 4.48. The first kappa shape index (κ1) is 13.6. The molecule has 0 unspecified atom stereocenters. The van der Waals surface area contributed by atoms with Crippen molar-refractivity contribution in [2.45, 2.75) is 26.7 Å². The lowest BCUT2D eigenvalue weighted by Gasteiger charge is -2.29. The fraction of sp³-hybridized carbons (Fsp3) is 0.500. The molecule has 0 spiro atoms. The third-order valence-corrected chi connectivity index (χ3v) is 3.70. The SMILES string of the molecule is CC(C)CCCN1C(=O)COc2cc(I)ccc21. The molecule has 2 rings (SSSR count). The van der Waals surface area contributed by atoms with Gasteiger partial charge in [0, 0.05) is 10.1 Å². The summed E-state index contributed by atoms with van der Waals surface area (Å²) in [6, 6.07) is 5.97. The average Bonchev–Trinajstić information content (AvgIpc) is 2.31. The van der Waals surface area contributed by atoms with Gasteiger partial charge in [-0.3, -0.25) is 4.79 Å². The molecule has 1 amide bonds. The summed E-state index contributed by atoms with van der Waals surface area (Å²) in [5.41, 5.74) is 0.912. The van der Waals surface area contributed by atoms with Gasteiger partial charge in [-0.15, -0.1) is 0 Å². The molecule has 0 saturated carbocycles. The van der Waals surface area contributed by atoms with Crippen molar-refractivity contribution in [1.82, 2.24) is 0 Å². The smallest absolute Gasteiger partial charge is 0.265 e. The van der Waals surface area contributed by atoms with Crippen LogP contribution in [0.5, 0.6) is 5.75 Å². The van der Waals surface area contributed by atoms with Crippen LogP contribution in [0.15, 0.2) is 18.2 Å². The third kappa shape index (κ3) is 3.16. The number of hydrogen-bond donors (Lipinski definition) is 0.